The van der Waals surface area contributed by atoms with Gasteiger partial charge in [-0.2, -0.15) is 0 Å². The zero-order valence-electron chi connectivity index (χ0n) is 9.12. The van der Waals surface area contributed by atoms with Crippen LogP contribution in [0, 0.1) is 0 Å². The van der Waals surface area contributed by atoms with E-state index in [9.17, 15) is 4.79 Å². The molecule has 84 valence electrons. The maximum absolute atomic E-state index is 10.9. The van der Waals surface area contributed by atoms with Gasteiger partial charge in [-0.25, -0.2) is 0 Å². The van der Waals surface area contributed by atoms with Crippen molar-refractivity contribution < 1.29 is 0 Å². The topological polar surface area (TPSA) is 70.7 Å². The normalized spacial score (nSPS) is 10.2. The Bertz CT molecular complexity index is 323. The van der Waals surface area contributed by atoms with Crippen molar-refractivity contribution in [3.05, 3.63) is 16.6 Å². The summed E-state index contributed by atoms with van der Waals surface area (Å²) < 4.78 is 0. The molecule has 0 aliphatic heterocycles. The van der Waals surface area contributed by atoms with Crippen LogP contribution in [0.25, 0.3) is 0 Å². The van der Waals surface area contributed by atoms with Crippen LogP contribution in [0.5, 0.6) is 0 Å². The highest BCUT2D eigenvalue weighted by Crippen LogP contribution is 2.02. The minimum absolute atomic E-state index is 0.224. The van der Waals surface area contributed by atoms with E-state index in [-0.39, 0.29) is 5.56 Å². The van der Waals surface area contributed by atoms with Gasteiger partial charge in [-0.3, -0.25) is 9.78 Å². The number of aromatic amines is 1. The summed E-state index contributed by atoms with van der Waals surface area (Å²) in [4.78, 5) is 13.4. The molecular formula is C10H18N4O. The Labute approximate surface area is 89.3 Å². The van der Waals surface area contributed by atoms with E-state index >= 15 is 0 Å². The molecule has 0 aliphatic carbocycles. The molecule has 0 saturated heterocycles. The largest absolute Gasteiger partial charge is 0.354 e. The minimum atomic E-state index is -0.224. The van der Waals surface area contributed by atoms with Gasteiger partial charge in [-0.05, 0) is 6.42 Å². The van der Waals surface area contributed by atoms with Crippen LogP contribution in [0.1, 0.15) is 39.0 Å². The summed E-state index contributed by atoms with van der Waals surface area (Å²) in [6.07, 6.45) is 7.29. The molecule has 0 radical (unpaired) electrons. The number of unbranched alkanes of at least 4 members (excludes halogenated alkanes) is 4. The van der Waals surface area contributed by atoms with E-state index < -0.39 is 0 Å². The first-order valence-corrected chi connectivity index (χ1v) is 5.49. The molecule has 0 spiro atoms. The summed E-state index contributed by atoms with van der Waals surface area (Å²) in [5, 5.41) is 10.3. The second kappa shape index (κ2) is 6.98. The summed E-state index contributed by atoms with van der Waals surface area (Å²) in [6, 6.07) is 0. The van der Waals surface area contributed by atoms with Crippen LogP contribution >= 0.6 is 0 Å². The first-order chi connectivity index (χ1) is 7.33. The number of rotatable bonds is 7. The fourth-order valence-electron chi connectivity index (χ4n) is 1.33. The Kier molecular flexibility index (Phi) is 5.43. The van der Waals surface area contributed by atoms with Crippen molar-refractivity contribution in [2.24, 2.45) is 0 Å². The van der Waals surface area contributed by atoms with Gasteiger partial charge >= 0.3 is 0 Å². The quantitative estimate of drug-likeness (QED) is 0.670. The second-order valence-corrected chi connectivity index (χ2v) is 3.52. The molecule has 0 atom stereocenters. The molecule has 2 N–H and O–H groups in total. The number of hydrogen-bond acceptors (Lipinski definition) is 4. The predicted molar refractivity (Wildman–Crippen MR) is 59.9 cm³/mol. The van der Waals surface area contributed by atoms with Crippen molar-refractivity contribution in [2.75, 3.05) is 11.9 Å². The van der Waals surface area contributed by atoms with Crippen LogP contribution < -0.4 is 10.9 Å². The molecule has 0 saturated carbocycles. The van der Waals surface area contributed by atoms with Crippen LogP contribution in [-0.2, 0) is 0 Å². The van der Waals surface area contributed by atoms with Gasteiger partial charge in [-0.15, -0.1) is 10.2 Å². The number of hydrogen-bond donors (Lipinski definition) is 2. The van der Waals surface area contributed by atoms with Crippen LogP contribution in [0.3, 0.4) is 0 Å². The Morgan fingerprint density at radius 1 is 1.33 bits per heavy atom. The van der Waals surface area contributed by atoms with Crippen molar-refractivity contribution >= 4 is 5.95 Å². The highest BCUT2D eigenvalue weighted by Gasteiger charge is 1.94. The van der Waals surface area contributed by atoms with Crippen LogP contribution in [0.2, 0.25) is 0 Å². The summed E-state index contributed by atoms with van der Waals surface area (Å²) >= 11 is 0. The van der Waals surface area contributed by atoms with Gasteiger partial charge in [0.2, 0.25) is 5.95 Å². The number of nitrogens with zero attached hydrogens (tertiary/aromatic N) is 2. The molecule has 0 amide bonds. The molecular weight excluding hydrogens is 192 g/mol. The molecule has 0 bridgehead atoms. The van der Waals surface area contributed by atoms with Crippen molar-refractivity contribution in [2.45, 2.75) is 39.0 Å². The predicted octanol–water partition coefficient (Wildman–Crippen LogP) is 1.55. The number of nitrogens with one attached hydrogen (secondary N) is 2. The van der Waals surface area contributed by atoms with E-state index in [1.54, 1.807) is 0 Å². The maximum Gasteiger partial charge on any atom is 0.271 e. The second-order valence-electron chi connectivity index (χ2n) is 3.52. The third-order valence-electron chi connectivity index (χ3n) is 2.15. The molecule has 1 aromatic heterocycles. The highest BCUT2D eigenvalue weighted by molar-refractivity contribution is 5.19. The van der Waals surface area contributed by atoms with Gasteiger partial charge in [0.05, 0.1) is 0 Å². The van der Waals surface area contributed by atoms with E-state index in [0.717, 1.165) is 19.2 Å². The van der Waals surface area contributed by atoms with Gasteiger partial charge in [0.15, 0.2) is 0 Å². The monoisotopic (exact) mass is 210 g/mol. The van der Waals surface area contributed by atoms with E-state index in [1.807, 2.05) is 0 Å². The lowest BCUT2D eigenvalue weighted by molar-refractivity contribution is 0.643. The van der Waals surface area contributed by atoms with Crippen molar-refractivity contribution in [3.63, 3.8) is 0 Å². The first kappa shape index (κ1) is 11.7. The lowest BCUT2D eigenvalue weighted by Crippen LogP contribution is -2.13. The lowest BCUT2D eigenvalue weighted by Gasteiger charge is -2.03. The summed E-state index contributed by atoms with van der Waals surface area (Å²) in [5.41, 5.74) is -0.224. The standard InChI is InChI=1S/C10H18N4O/c1-2-3-4-5-6-7-11-10-13-9(15)8-12-14-10/h8H,2-7H2,1H3,(H2,11,13,14,15). The lowest BCUT2D eigenvalue weighted by atomic mass is 10.1. The van der Waals surface area contributed by atoms with E-state index in [1.165, 1.54) is 25.7 Å². The molecule has 0 unspecified atom stereocenters. The molecule has 1 heterocycles. The number of H-pyrrole nitrogens is 1. The van der Waals surface area contributed by atoms with Gasteiger partial charge in [-0.1, -0.05) is 32.6 Å². The van der Waals surface area contributed by atoms with Gasteiger partial charge in [0.1, 0.15) is 6.20 Å². The fraction of sp³-hybridized carbons (Fsp3) is 0.700. The summed E-state index contributed by atoms with van der Waals surface area (Å²) in [6.45, 7) is 3.03. The van der Waals surface area contributed by atoms with Crippen molar-refractivity contribution in [3.8, 4) is 0 Å². The van der Waals surface area contributed by atoms with Crippen LogP contribution in [0.15, 0.2) is 11.0 Å². The molecule has 5 heteroatoms. The van der Waals surface area contributed by atoms with Gasteiger partial charge in [0.25, 0.3) is 5.56 Å². The Morgan fingerprint density at radius 2 is 2.13 bits per heavy atom. The summed E-state index contributed by atoms with van der Waals surface area (Å²) in [7, 11) is 0. The number of anilines is 1. The molecule has 15 heavy (non-hydrogen) atoms. The molecule has 0 aliphatic rings. The third kappa shape index (κ3) is 5.15. The smallest absolute Gasteiger partial charge is 0.271 e. The molecule has 1 rings (SSSR count). The fourth-order valence-corrected chi connectivity index (χ4v) is 1.33. The maximum atomic E-state index is 10.9. The van der Waals surface area contributed by atoms with E-state index in [0.29, 0.717) is 5.95 Å². The minimum Gasteiger partial charge on any atom is -0.354 e. The zero-order valence-corrected chi connectivity index (χ0v) is 9.12. The van der Waals surface area contributed by atoms with Crippen LogP contribution in [-0.4, -0.2) is 21.7 Å². The molecule has 5 nitrogen and oxygen atoms in total. The van der Waals surface area contributed by atoms with Crippen LogP contribution in [0.4, 0.5) is 5.95 Å². The Balaban J connectivity index is 2.12. The van der Waals surface area contributed by atoms with Crippen molar-refractivity contribution in [1.82, 2.24) is 15.2 Å². The molecule has 0 fully saturated rings. The Morgan fingerprint density at radius 3 is 2.87 bits per heavy atom. The van der Waals surface area contributed by atoms with Gasteiger partial charge < -0.3 is 5.32 Å². The molecule has 0 aromatic carbocycles. The third-order valence-corrected chi connectivity index (χ3v) is 2.15. The van der Waals surface area contributed by atoms with Gasteiger partial charge in [0, 0.05) is 6.54 Å². The Hall–Kier alpha value is -1.39. The average molecular weight is 210 g/mol. The van der Waals surface area contributed by atoms with E-state index in [4.69, 9.17) is 0 Å². The van der Waals surface area contributed by atoms with E-state index in [2.05, 4.69) is 27.4 Å². The SMILES string of the molecule is CCCCCCCNc1nncc(=O)[nH]1. The first-order valence-electron chi connectivity index (χ1n) is 5.49. The van der Waals surface area contributed by atoms with Crippen molar-refractivity contribution in [1.29, 1.82) is 0 Å². The summed E-state index contributed by atoms with van der Waals surface area (Å²) in [5.74, 6) is 0.456. The average Bonchev–Trinajstić information content (AvgIpc) is 2.23. The highest BCUT2D eigenvalue weighted by atomic mass is 16.1. The number of aromatic nitrogens is 3. The molecule has 1 aromatic rings. The zero-order chi connectivity index (χ0) is 10.9.